The highest BCUT2D eigenvalue weighted by atomic mass is 16.5. The first-order valence-corrected chi connectivity index (χ1v) is 7.26. The highest BCUT2D eigenvalue weighted by molar-refractivity contribution is 5.49. The summed E-state index contributed by atoms with van der Waals surface area (Å²) in [7, 11) is 1.61. The van der Waals surface area contributed by atoms with Gasteiger partial charge in [0.05, 0.1) is 18.7 Å². The summed E-state index contributed by atoms with van der Waals surface area (Å²) in [4.78, 5) is 2.19. The maximum absolute atomic E-state index is 9.11. The van der Waals surface area contributed by atoms with Crippen LogP contribution in [0.1, 0.15) is 17.5 Å². The van der Waals surface area contributed by atoms with Crippen molar-refractivity contribution >= 4 is 5.69 Å². The van der Waals surface area contributed by atoms with E-state index in [1.54, 1.807) is 19.2 Å². The summed E-state index contributed by atoms with van der Waals surface area (Å²) in [6.07, 6.45) is 0.702. The van der Waals surface area contributed by atoms with Gasteiger partial charge < -0.3 is 14.7 Å². The summed E-state index contributed by atoms with van der Waals surface area (Å²) in [6, 6.07) is 17.7. The van der Waals surface area contributed by atoms with E-state index < -0.39 is 0 Å². The van der Waals surface area contributed by atoms with Crippen LogP contribution in [-0.4, -0.2) is 25.4 Å². The Hall–Kier alpha value is -2.51. The van der Waals surface area contributed by atoms with Crippen molar-refractivity contribution in [3.05, 3.63) is 59.7 Å². The van der Waals surface area contributed by atoms with E-state index in [-0.39, 0.29) is 6.61 Å². The molecule has 2 rings (SSSR count). The van der Waals surface area contributed by atoms with Crippen molar-refractivity contribution in [2.75, 3.05) is 25.2 Å². The number of anilines is 1. The molecule has 0 unspecified atom stereocenters. The molecule has 0 fully saturated rings. The van der Waals surface area contributed by atoms with Crippen LogP contribution in [0.15, 0.2) is 48.5 Å². The maximum Gasteiger partial charge on any atom is 0.125 e. The van der Waals surface area contributed by atoms with Gasteiger partial charge in [-0.2, -0.15) is 5.26 Å². The minimum absolute atomic E-state index is 0.161. The molecule has 0 amide bonds. The van der Waals surface area contributed by atoms with Crippen LogP contribution in [0.3, 0.4) is 0 Å². The Morgan fingerprint density at radius 3 is 2.59 bits per heavy atom. The van der Waals surface area contributed by atoms with Gasteiger partial charge in [0.25, 0.3) is 0 Å². The zero-order valence-electron chi connectivity index (χ0n) is 12.7. The number of ether oxygens (including phenoxy) is 1. The number of methoxy groups -OCH3 is 1. The third-order valence-corrected chi connectivity index (χ3v) is 3.48. The average molecular weight is 296 g/mol. The zero-order valence-corrected chi connectivity index (χ0v) is 12.7. The molecule has 0 aliphatic rings. The minimum atomic E-state index is 0.161. The third kappa shape index (κ3) is 4.00. The van der Waals surface area contributed by atoms with Crippen molar-refractivity contribution in [2.45, 2.75) is 13.0 Å². The summed E-state index contributed by atoms with van der Waals surface area (Å²) in [5.74, 6) is 0.712. The van der Waals surface area contributed by atoms with Gasteiger partial charge in [-0.1, -0.05) is 24.3 Å². The largest absolute Gasteiger partial charge is 0.496 e. The Balaban J connectivity index is 2.25. The first-order valence-electron chi connectivity index (χ1n) is 7.26. The van der Waals surface area contributed by atoms with Crippen LogP contribution in [0.25, 0.3) is 0 Å². The van der Waals surface area contributed by atoms with Gasteiger partial charge in [0.15, 0.2) is 0 Å². The number of hydrogen-bond acceptors (Lipinski definition) is 4. The predicted octanol–water partition coefficient (Wildman–Crippen LogP) is 2.96. The molecule has 1 N–H and O–H groups in total. The number of hydrogen-bond donors (Lipinski definition) is 1. The molecular formula is C18H20N2O2. The lowest BCUT2D eigenvalue weighted by atomic mass is 10.1. The molecule has 4 heteroatoms. The molecule has 0 heterocycles. The quantitative estimate of drug-likeness (QED) is 0.853. The maximum atomic E-state index is 9.11. The monoisotopic (exact) mass is 296 g/mol. The van der Waals surface area contributed by atoms with E-state index in [0.29, 0.717) is 24.3 Å². The van der Waals surface area contributed by atoms with Crippen molar-refractivity contribution < 1.29 is 9.84 Å². The predicted molar refractivity (Wildman–Crippen MR) is 86.9 cm³/mol. The number of nitriles is 1. The average Bonchev–Trinajstić information content (AvgIpc) is 2.59. The zero-order chi connectivity index (χ0) is 15.8. The highest BCUT2D eigenvalue weighted by Gasteiger charge is 2.11. The van der Waals surface area contributed by atoms with Crippen molar-refractivity contribution in [1.29, 1.82) is 5.26 Å². The normalized spacial score (nSPS) is 10.0. The smallest absolute Gasteiger partial charge is 0.125 e. The number of benzene rings is 2. The molecule has 2 aromatic rings. The van der Waals surface area contributed by atoms with Crippen LogP contribution in [0.4, 0.5) is 5.69 Å². The van der Waals surface area contributed by atoms with Gasteiger partial charge in [-0.25, -0.2) is 0 Å². The van der Waals surface area contributed by atoms with E-state index in [1.807, 2.05) is 36.4 Å². The number of para-hydroxylation sites is 1. The van der Waals surface area contributed by atoms with Crippen LogP contribution in [0.5, 0.6) is 5.75 Å². The van der Waals surface area contributed by atoms with Gasteiger partial charge in [0, 0.05) is 30.9 Å². The first kappa shape index (κ1) is 15.9. The lowest BCUT2D eigenvalue weighted by molar-refractivity contribution is 0.289. The van der Waals surface area contributed by atoms with Crippen LogP contribution < -0.4 is 9.64 Å². The summed E-state index contributed by atoms with van der Waals surface area (Å²) in [6.45, 7) is 1.58. The molecule has 0 atom stereocenters. The molecule has 0 bridgehead atoms. The van der Waals surface area contributed by atoms with Gasteiger partial charge in [0.1, 0.15) is 5.75 Å². The van der Waals surface area contributed by atoms with Gasteiger partial charge >= 0.3 is 0 Å². The van der Waals surface area contributed by atoms with E-state index in [4.69, 9.17) is 15.1 Å². The van der Waals surface area contributed by atoms with Crippen LogP contribution >= 0.6 is 0 Å². The molecule has 0 saturated heterocycles. The Kier molecular flexibility index (Phi) is 5.81. The van der Waals surface area contributed by atoms with Gasteiger partial charge in [-0.05, 0) is 30.7 Å². The fourth-order valence-corrected chi connectivity index (χ4v) is 2.35. The van der Waals surface area contributed by atoms with Crippen molar-refractivity contribution in [2.24, 2.45) is 0 Å². The Morgan fingerprint density at radius 2 is 1.95 bits per heavy atom. The van der Waals surface area contributed by atoms with Gasteiger partial charge in [-0.3, -0.25) is 0 Å². The molecule has 0 aromatic heterocycles. The minimum Gasteiger partial charge on any atom is -0.496 e. The third-order valence-electron chi connectivity index (χ3n) is 3.48. The van der Waals surface area contributed by atoms with Crippen LogP contribution in [-0.2, 0) is 6.54 Å². The van der Waals surface area contributed by atoms with E-state index >= 15 is 0 Å². The van der Waals surface area contributed by atoms with Crippen LogP contribution in [0, 0.1) is 11.3 Å². The van der Waals surface area contributed by atoms with E-state index in [9.17, 15) is 0 Å². The Labute approximate surface area is 131 Å². The molecule has 2 aromatic carbocycles. The number of rotatable bonds is 7. The number of aliphatic hydroxyl groups excluding tert-OH is 1. The van der Waals surface area contributed by atoms with Gasteiger partial charge in [-0.15, -0.1) is 0 Å². The lowest BCUT2D eigenvalue weighted by Gasteiger charge is -2.25. The van der Waals surface area contributed by atoms with Gasteiger partial charge in [0.2, 0.25) is 0 Å². The highest BCUT2D eigenvalue weighted by Crippen LogP contribution is 2.24. The van der Waals surface area contributed by atoms with Crippen molar-refractivity contribution in [1.82, 2.24) is 0 Å². The lowest BCUT2D eigenvalue weighted by Crippen LogP contribution is -2.24. The SMILES string of the molecule is COc1cc(C#N)ccc1CN(CCCO)c1ccccc1. The summed E-state index contributed by atoms with van der Waals surface area (Å²) < 4.78 is 5.40. The summed E-state index contributed by atoms with van der Waals surface area (Å²) in [5.41, 5.74) is 2.70. The molecule has 0 aliphatic carbocycles. The van der Waals surface area contributed by atoms with Crippen molar-refractivity contribution in [3.8, 4) is 11.8 Å². The topological polar surface area (TPSA) is 56.5 Å². The molecule has 0 aliphatic heterocycles. The second kappa shape index (κ2) is 8.06. The molecule has 4 nitrogen and oxygen atoms in total. The second-order valence-electron chi connectivity index (χ2n) is 4.97. The van der Waals surface area contributed by atoms with Crippen molar-refractivity contribution in [3.63, 3.8) is 0 Å². The molecule has 0 radical (unpaired) electrons. The standard InChI is InChI=1S/C18H20N2O2/c1-22-18-12-15(13-19)8-9-16(18)14-20(10-5-11-21)17-6-3-2-4-7-17/h2-4,6-9,12,21H,5,10-11,14H2,1H3. The molecule has 0 spiro atoms. The molecular weight excluding hydrogens is 276 g/mol. The number of nitrogens with zero attached hydrogens (tertiary/aromatic N) is 2. The van der Waals surface area contributed by atoms with Crippen LogP contribution in [0.2, 0.25) is 0 Å². The number of aliphatic hydroxyl groups is 1. The summed E-state index contributed by atoms with van der Waals surface area (Å²) in [5, 5.41) is 18.1. The molecule has 22 heavy (non-hydrogen) atoms. The first-order chi connectivity index (χ1) is 10.8. The second-order valence-corrected chi connectivity index (χ2v) is 4.97. The fourth-order valence-electron chi connectivity index (χ4n) is 2.35. The summed E-state index contributed by atoms with van der Waals surface area (Å²) >= 11 is 0. The van der Waals surface area contributed by atoms with E-state index in [2.05, 4.69) is 11.0 Å². The Bertz CT molecular complexity index is 635. The molecule has 114 valence electrons. The van der Waals surface area contributed by atoms with E-state index in [0.717, 1.165) is 17.8 Å². The molecule has 0 saturated carbocycles. The Morgan fingerprint density at radius 1 is 1.18 bits per heavy atom. The van der Waals surface area contributed by atoms with E-state index in [1.165, 1.54) is 0 Å². The fraction of sp³-hybridized carbons (Fsp3) is 0.278.